The molecule has 3 rings (SSSR count). The molecule has 1 heterocycles. The molecule has 1 aromatic heterocycles. The molecular weight excluding hydrogens is 422 g/mol. The zero-order valence-electron chi connectivity index (χ0n) is 14.0. The van der Waals surface area contributed by atoms with Crippen LogP contribution in [0.1, 0.15) is 28.9 Å². The van der Waals surface area contributed by atoms with Crippen LogP contribution in [0.4, 0.5) is 0 Å². The molecule has 0 bridgehead atoms. The minimum absolute atomic E-state index is 0.208. The van der Waals surface area contributed by atoms with Crippen molar-refractivity contribution in [2.45, 2.75) is 13.0 Å². The molecule has 1 N–H and O–H groups in total. The Morgan fingerprint density at radius 3 is 2.77 bits per heavy atom. The third-order valence-electron chi connectivity index (χ3n) is 3.83. The minimum atomic E-state index is -0.296. The van der Waals surface area contributed by atoms with Gasteiger partial charge in [-0.2, -0.15) is 4.68 Å². The predicted molar refractivity (Wildman–Crippen MR) is 101 cm³/mol. The maximum Gasteiger partial charge on any atom is 0.255 e. The molecule has 134 valence electrons. The molecule has 0 aliphatic rings. The molecule has 2 aromatic carbocycles. The van der Waals surface area contributed by atoms with Crippen LogP contribution in [0.25, 0.3) is 5.69 Å². The fourth-order valence-electron chi connectivity index (χ4n) is 2.51. The lowest BCUT2D eigenvalue weighted by molar-refractivity contribution is 0.0936. The molecule has 1 amide bonds. The number of aromatic nitrogens is 4. The number of hydrogen-bond donors (Lipinski definition) is 1. The third kappa shape index (κ3) is 3.71. The monoisotopic (exact) mass is 435 g/mol. The van der Waals surface area contributed by atoms with Gasteiger partial charge in [0.25, 0.3) is 5.91 Å². The first-order chi connectivity index (χ1) is 12.5. The molecule has 1 atom stereocenters. The topological polar surface area (TPSA) is 81.9 Å². The van der Waals surface area contributed by atoms with Crippen LogP contribution in [-0.2, 0) is 0 Å². The summed E-state index contributed by atoms with van der Waals surface area (Å²) in [5, 5.41) is 14.3. The van der Waals surface area contributed by atoms with Crippen LogP contribution in [0, 0.1) is 0 Å². The number of tetrazole rings is 1. The molecule has 0 fully saturated rings. The van der Waals surface area contributed by atoms with E-state index in [0.29, 0.717) is 22.0 Å². The molecule has 26 heavy (non-hydrogen) atoms. The number of halogens is 2. The van der Waals surface area contributed by atoms with Gasteiger partial charge in [-0.25, -0.2) is 0 Å². The minimum Gasteiger partial charge on any atom is -0.496 e. The molecule has 0 radical (unpaired) electrons. The van der Waals surface area contributed by atoms with Gasteiger partial charge in [0.2, 0.25) is 0 Å². The fourth-order valence-corrected chi connectivity index (χ4v) is 3.39. The van der Waals surface area contributed by atoms with E-state index < -0.39 is 0 Å². The standard InChI is InChI=1S/C17H15BrClN5O2/c1-10(11-5-3-4-6-13(11)18)21-17(25)12-7-14(19)15(8-16(12)26-2)24-9-20-22-23-24/h3-10H,1-2H3,(H,21,25). The van der Waals surface area contributed by atoms with Crippen molar-refractivity contribution in [2.24, 2.45) is 0 Å². The first-order valence-electron chi connectivity index (χ1n) is 7.67. The molecule has 0 saturated carbocycles. The molecular formula is C17H15BrClN5O2. The van der Waals surface area contributed by atoms with Gasteiger partial charge in [-0.05, 0) is 35.0 Å². The second kappa shape index (κ2) is 7.84. The van der Waals surface area contributed by atoms with Crippen LogP contribution in [0.3, 0.4) is 0 Å². The number of carbonyl (C=O) groups excluding carboxylic acids is 1. The van der Waals surface area contributed by atoms with Gasteiger partial charge in [0.15, 0.2) is 0 Å². The van der Waals surface area contributed by atoms with Gasteiger partial charge >= 0.3 is 0 Å². The van der Waals surface area contributed by atoms with E-state index in [1.54, 1.807) is 12.1 Å². The van der Waals surface area contributed by atoms with E-state index >= 15 is 0 Å². The van der Waals surface area contributed by atoms with Crippen molar-refractivity contribution >= 4 is 33.4 Å². The molecule has 0 spiro atoms. The Kier molecular flexibility index (Phi) is 5.53. The van der Waals surface area contributed by atoms with E-state index in [0.717, 1.165) is 10.0 Å². The van der Waals surface area contributed by atoms with Gasteiger partial charge in [-0.15, -0.1) is 5.10 Å². The SMILES string of the molecule is COc1cc(-n2cnnn2)c(Cl)cc1C(=O)NC(C)c1ccccc1Br. The van der Waals surface area contributed by atoms with Gasteiger partial charge in [0.05, 0.1) is 29.4 Å². The van der Waals surface area contributed by atoms with E-state index in [1.165, 1.54) is 18.1 Å². The normalized spacial score (nSPS) is 11.8. The highest BCUT2D eigenvalue weighted by molar-refractivity contribution is 9.10. The number of ether oxygens (including phenoxy) is 1. The van der Waals surface area contributed by atoms with Crippen LogP contribution < -0.4 is 10.1 Å². The maximum atomic E-state index is 12.8. The van der Waals surface area contributed by atoms with Crippen LogP contribution in [0.5, 0.6) is 5.75 Å². The van der Waals surface area contributed by atoms with Gasteiger partial charge in [-0.1, -0.05) is 45.7 Å². The summed E-state index contributed by atoms with van der Waals surface area (Å²) >= 11 is 9.81. The zero-order valence-corrected chi connectivity index (χ0v) is 16.3. The average molecular weight is 437 g/mol. The van der Waals surface area contributed by atoms with Crippen molar-refractivity contribution < 1.29 is 9.53 Å². The Labute approximate surface area is 163 Å². The maximum absolute atomic E-state index is 12.8. The van der Waals surface area contributed by atoms with E-state index in [1.807, 2.05) is 31.2 Å². The lowest BCUT2D eigenvalue weighted by atomic mass is 10.1. The van der Waals surface area contributed by atoms with Crippen molar-refractivity contribution in [2.75, 3.05) is 7.11 Å². The Hall–Kier alpha value is -2.45. The summed E-state index contributed by atoms with van der Waals surface area (Å²) in [4.78, 5) is 12.8. The molecule has 0 aliphatic carbocycles. The Bertz CT molecular complexity index is 933. The molecule has 0 saturated heterocycles. The van der Waals surface area contributed by atoms with Gasteiger partial charge in [-0.3, -0.25) is 4.79 Å². The van der Waals surface area contributed by atoms with Crippen molar-refractivity contribution in [1.29, 1.82) is 0 Å². The van der Waals surface area contributed by atoms with E-state index in [2.05, 4.69) is 36.8 Å². The van der Waals surface area contributed by atoms with Crippen molar-refractivity contribution in [3.05, 3.63) is 63.3 Å². The number of nitrogens with one attached hydrogen (secondary N) is 1. The summed E-state index contributed by atoms with van der Waals surface area (Å²) in [5.74, 6) is 0.0759. The Balaban J connectivity index is 1.90. The molecule has 0 aliphatic heterocycles. The summed E-state index contributed by atoms with van der Waals surface area (Å²) in [5.41, 5.74) is 1.81. The lowest BCUT2D eigenvalue weighted by Crippen LogP contribution is -2.27. The molecule has 9 heteroatoms. The fraction of sp³-hybridized carbons (Fsp3) is 0.176. The molecule has 3 aromatic rings. The molecule has 1 unspecified atom stereocenters. The highest BCUT2D eigenvalue weighted by Gasteiger charge is 2.20. The second-order valence-electron chi connectivity index (χ2n) is 5.47. The number of hydrogen-bond acceptors (Lipinski definition) is 5. The zero-order chi connectivity index (χ0) is 18.7. The summed E-state index contributed by atoms with van der Waals surface area (Å²) < 4.78 is 7.68. The third-order valence-corrected chi connectivity index (χ3v) is 4.85. The van der Waals surface area contributed by atoms with Crippen molar-refractivity contribution in [1.82, 2.24) is 25.5 Å². The van der Waals surface area contributed by atoms with Gasteiger partial charge in [0.1, 0.15) is 12.1 Å². The predicted octanol–water partition coefficient (Wildman–Crippen LogP) is 3.58. The quantitative estimate of drug-likeness (QED) is 0.661. The van der Waals surface area contributed by atoms with Crippen molar-refractivity contribution in [3.8, 4) is 11.4 Å². The Morgan fingerprint density at radius 1 is 1.35 bits per heavy atom. The number of benzene rings is 2. The Morgan fingerprint density at radius 2 is 2.12 bits per heavy atom. The number of carbonyl (C=O) groups is 1. The summed E-state index contributed by atoms with van der Waals surface area (Å²) in [6.45, 7) is 1.90. The van der Waals surface area contributed by atoms with Crippen LogP contribution in [0.2, 0.25) is 5.02 Å². The summed E-state index contributed by atoms with van der Waals surface area (Å²) in [6, 6.07) is 10.7. The summed E-state index contributed by atoms with van der Waals surface area (Å²) in [6.07, 6.45) is 1.41. The number of rotatable bonds is 5. The number of methoxy groups -OCH3 is 1. The first-order valence-corrected chi connectivity index (χ1v) is 8.84. The van der Waals surface area contributed by atoms with E-state index in [9.17, 15) is 4.79 Å². The van der Waals surface area contributed by atoms with Crippen LogP contribution in [0.15, 0.2) is 47.2 Å². The number of amides is 1. The molecule has 7 nitrogen and oxygen atoms in total. The number of nitrogens with zero attached hydrogens (tertiary/aromatic N) is 4. The van der Waals surface area contributed by atoms with Crippen LogP contribution >= 0.6 is 27.5 Å². The second-order valence-corrected chi connectivity index (χ2v) is 6.74. The first kappa shape index (κ1) is 18.3. The van der Waals surface area contributed by atoms with E-state index in [4.69, 9.17) is 16.3 Å². The van der Waals surface area contributed by atoms with E-state index in [-0.39, 0.29) is 11.9 Å². The highest BCUT2D eigenvalue weighted by atomic mass is 79.9. The highest BCUT2D eigenvalue weighted by Crippen LogP contribution is 2.30. The summed E-state index contributed by atoms with van der Waals surface area (Å²) in [7, 11) is 1.49. The average Bonchev–Trinajstić information content (AvgIpc) is 3.16. The van der Waals surface area contributed by atoms with Gasteiger partial charge in [0, 0.05) is 10.5 Å². The smallest absolute Gasteiger partial charge is 0.255 e. The van der Waals surface area contributed by atoms with Crippen molar-refractivity contribution in [3.63, 3.8) is 0 Å². The van der Waals surface area contributed by atoms with Gasteiger partial charge < -0.3 is 10.1 Å². The lowest BCUT2D eigenvalue weighted by Gasteiger charge is -2.18. The largest absolute Gasteiger partial charge is 0.496 e. The van der Waals surface area contributed by atoms with Crippen LogP contribution in [-0.4, -0.2) is 33.2 Å².